The first-order valence-electron chi connectivity index (χ1n) is 4.68. The highest BCUT2D eigenvalue weighted by atomic mass is 19.4. The lowest BCUT2D eigenvalue weighted by atomic mass is 10.0. The smallest absolute Gasteiger partial charge is 0.399 e. The van der Waals surface area contributed by atoms with Gasteiger partial charge in [-0.05, 0) is 0 Å². The van der Waals surface area contributed by atoms with E-state index in [1.807, 2.05) is 0 Å². The van der Waals surface area contributed by atoms with Crippen LogP contribution < -0.4 is 5.11 Å². The van der Waals surface area contributed by atoms with E-state index < -0.39 is 43.7 Å². The van der Waals surface area contributed by atoms with Crippen molar-refractivity contribution in [3.05, 3.63) is 0 Å². The Labute approximate surface area is 102 Å². The van der Waals surface area contributed by atoms with Gasteiger partial charge in [0.05, 0.1) is 19.8 Å². The molecule has 0 fully saturated rings. The molecule has 0 aromatic rings. The maximum Gasteiger partial charge on any atom is 0.399 e. The van der Waals surface area contributed by atoms with Crippen LogP contribution in [0.25, 0.3) is 0 Å². The van der Waals surface area contributed by atoms with Crippen molar-refractivity contribution in [3.8, 4) is 0 Å². The van der Waals surface area contributed by atoms with Crippen molar-refractivity contribution in [2.75, 3.05) is 26.4 Å². The van der Waals surface area contributed by atoms with Crippen molar-refractivity contribution >= 4 is 5.97 Å². The molecular weight excluding hydrogens is 290 g/mol. The predicted octanol–water partition coefficient (Wildman–Crippen LogP) is -0.238. The number of ether oxygens (including phenoxy) is 2. The first-order valence-corrected chi connectivity index (χ1v) is 4.68. The normalized spacial score (nSPS) is 13.5. The van der Waals surface area contributed by atoms with Crippen LogP contribution in [0.3, 0.4) is 0 Å². The number of aliphatic hydroxyl groups excluding tert-OH is 1. The molecule has 1 N–H and O–H groups in total. The zero-order valence-electron chi connectivity index (χ0n) is 9.18. The minimum absolute atomic E-state index is 0.251. The topological polar surface area (TPSA) is 78.8 Å². The fourth-order valence-electron chi connectivity index (χ4n) is 0.854. The molecule has 0 saturated heterocycles. The molecule has 0 aliphatic heterocycles. The molecule has 0 aliphatic carbocycles. The van der Waals surface area contributed by atoms with Crippen molar-refractivity contribution in [3.63, 3.8) is 0 Å². The van der Waals surface area contributed by atoms with Crippen LogP contribution >= 0.6 is 0 Å². The molecule has 0 aromatic carbocycles. The molecule has 0 bridgehead atoms. The summed E-state index contributed by atoms with van der Waals surface area (Å²) in [6, 6.07) is 0. The van der Waals surface area contributed by atoms with E-state index in [2.05, 4.69) is 9.47 Å². The molecule has 0 unspecified atom stereocenters. The molecule has 5 nitrogen and oxygen atoms in total. The minimum Gasteiger partial charge on any atom is -0.828 e. The van der Waals surface area contributed by atoms with Crippen LogP contribution in [0.15, 0.2) is 0 Å². The van der Waals surface area contributed by atoms with Crippen LogP contribution in [0.5, 0.6) is 0 Å². The molecule has 0 rings (SSSR count). The number of carbonyl (C=O) groups is 1. The van der Waals surface area contributed by atoms with Gasteiger partial charge < -0.3 is 19.7 Å². The third kappa shape index (κ3) is 4.21. The molecule has 0 saturated carbocycles. The largest absolute Gasteiger partial charge is 0.828 e. The summed E-state index contributed by atoms with van der Waals surface area (Å²) in [5.41, 5.74) is -5.84. The number of halogens is 6. The number of hydrogen-bond donors (Lipinski definition) is 1. The van der Waals surface area contributed by atoms with Crippen LogP contribution in [0.2, 0.25) is 0 Å². The summed E-state index contributed by atoms with van der Waals surface area (Å²) in [6.45, 7) is -2.23. The Kier molecular flexibility index (Phi) is 6.03. The van der Waals surface area contributed by atoms with Crippen molar-refractivity contribution in [2.45, 2.75) is 18.0 Å². The molecule has 114 valence electrons. The minimum atomic E-state index is -6.38. The Balaban J connectivity index is 4.69. The van der Waals surface area contributed by atoms with Gasteiger partial charge in [0.2, 0.25) is 0 Å². The fraction of sp³-hybridized carbons (Fsp3) is 0.875. The molecule has 0 atom stereocenters. The van der Waals surface area contributed by atoms with E-state index in [9.17, 15) is 36.2 Å². The molecule has 0 aliphatic rings. The molecule has 19 heavy (non-hydrogen) atoms. The summed E-state index contributed by atoms with van der Waals surface area (Å²) >= 11 is 0. The van der Waals surface area contributed by atoms with Gasteiger partial charge in [-0.3, -0.25) is 4.79 Å². The molecule has 0 heterocycles. The third-order valence-electron chi connectivity index (χ3n) is 1.78. The average molecular weight is 299 g/mol. The summed E-state index contributed by atoms with van der Waals surface area (Å²) in [5.74, 6) is -3.00. The molecule has 0 aromatic heterocycles. The van der Waals surface area contributed by atoms with Crippen LogP contribution in [0.1, 0.15) is 0 Å². The Morgan fingerprint density at radius 3 is 1.84 bits per heavy atom. The highest BCUT2D eigenvalue weighted by Crippen LogP contribution is 2.41. The summed E-state index contributed by atoms with van der Waals surface area (Å²) in [6.07, 6.45) is -12.8. The van der Waals surface area contributed by atoms with Crippen LogP contribution in [-0.4, -0.2) is 55.5 Å². The van der Waals surface area contributed by atoms with Gasteiger partial charge in [-0.1, -0.05) is 0 Å². The van der Waals surface area contributed by atoms with Crippen LogP contribution in [0, 0.1) is 0 Å². The van der Waals surface area contributed by atoms with Crippen molar-refractivity contribution in [2.24, 2.45) is 0 Å². The monoisotopic (exact) mass is 299 g/mol. The van der Waals surface area contributed by atoms with Gasteiger partial charge in [-0.25, -0.2) is 0 Å². The van der Waals surface area contributed by atoms with Gasteiger partial charge in [0.1, 0.15) is 6.61 Å². The quantitative estimate of drug-likeness (QED) is 0.416. The Hall–Kier alpha value is -1.07. The number of alkyl halides is 6. The number of carbonyl (C=O) groups excluding carboxylic acids is 1. The van der Waals surface area contributed by atoms with Crippen molar-refractivity contribution in [1.29, 1.82) is 0 Å². The number of aliphatic hydroxyl groups is 1. The maximum atomic E-state index is 12.1. The zero-order chi connectivity index (χ0) is 15.3. The number of hydrogen-bond acceptors (Lipinski definition) is 5. The lowest BCUT2D eigenvalue weighted by Gasteiger charge is -2.40. The van der Waals surface area contributed by atoms with Crippen LogP contribution in [-0.2, 0) is 14.3 Å². The van der Waals surface area contributed by atoms with E-state index in [0.29, 0.717) is 0 Å². The molecule has 0 spiro atoms. The van der Waals surface area contributed by atoms with Gasteiger partial charge in [0.15, 0.2) is 5.60 Å². The second kappa shape index (κ2) is 6.39. The Bertz CT molecular complexity index is 285. The van der Waals surface area contributed by atoms with E-state index in [0.717, 1.165) is 0 Å². The lowest BCUT2D eigenvalue weighted by Crippen LogP contribution is -2.71. The number of rotatable bonds is 6. The van der Waals surface area contributed by atoms with E-state index in [-0.39, 0.29) is 6.61 Å². The maximum absolute atomic E-state index is 12.1. The number of esters is 1. The predicted molar refractivity (Wildman–Crippen MR) is 43.7 cm³/mol. The zero-order valence-corrected chi connectivity index (χ0v) is 9.18. The van der Waals surface area contributed by atoms with E-state index in [1.165, 1.54) is 0 Å². The second-order valence-corrected chi connectivity index (χ2v) is 3.15. The SMILES string of the molecule is O=C(OCCOCCO)C([O-])(C(F)(F)F)C(F)(F)F. The van der Waals surface area contributed by atoms with Gasteiger partial charge in [0, 0.05) is 0 Å². The standard InChI is InChI=1S/C8H9F6O5/c9-7(10,11)6(17,8(12,13)14)5(16)19-4-3-18-2-1-15/h15H,1-4H2/q-1. The highest BCUT2D eigenvalue weighted by molar-refractivity contribution is 5.81. The first kappa shape index (κ1) is 17.9. The summed E-state index contributed by atoms with van der Waals surface area (Å²) < 4.78 is 80.5. The fourth-order valence-corrected chi connectivity index (χ4v) is 0.854. The Morgan fingerprint density at radius 2 is 1.47 bits per heavy atom. The summed E-state index contributed by atoms with van der Waals surface area (Å²) in [5, 5.41) is 19.0. The first-order chi connectivity index (χ1) is 8.48. The summed E-state index contributed by atoms with van der Waals surface area (Å²) in [7, 11) is 0. The average Bonchev–Trinajstić information content (AvgIpc) is 2.24. The Morgan fingerprint density at radius 1 is 1.00 bits per heavy atom. The van der Waals surface area contributed by atoms with E-state index in [4.69, 9.17) is 5.11 Å². The molecule has 0 amide bonds. The van der Waals surface area contributed by atoms with Crippen molar-refractivity contribution < 1.29 is 50.8 Å². The van der Waals surface area contributed by atoms with Gasteiger partial charge >= 0.3 is 18.3 Å². The van der Waals surface area contributed by atoms with Crippen LogP contribution in [0.4, 0.5) is 26.3 Å². The van der Waals surface area contributed by atoms with Gasteiger partial charge in [-0.2, -0.15) is 26.3 Å². The molecular formula is C8H9F6O5-. The summed E-state index contributed by atoms with van der Waals surface area (Å²) in [4.78, 5) is 10.7. The lowest BCUT2D eigenvalue weighted by molar-refractivity contribution is -0.574. The molecule has 11 heteroatoms. The second-order valence-electron chi connectivity index (χ2n) is 3.15. The van der Waals surface area contributed by atoms with E-state index >= 15 is 0 Å². The van der Waals surface area contributed by atoms with Gasteiger partial charge in [0.25, 0.3) is 0 Å². The molecule has 0 radical (unpaired) electrons. The van der Waals surface area contributed by atoms with Gasteiger partial charge in [-0.15, -0.1) is 0 Å². The highest BCUT2D eigenvalue weighted by Gasteiger charge is 2.68. The van der Waals surface area contributed by atoms with E-state index in [1.54, 1.807) is 0 Å². The third-order valence-corrected chi connectivity index (χ3v) is 1.78. The van der Waals surface area contributed by atoms with Crippen molar-refractivity contribution in [1.82, 2.24) is 0 Å².